The van der Waals surface area contributed by atoms with Gasteiger partial charge in [-0.25, -0.2) is 0 Å². The van der Waals surface area contributed by atoms with Gasteiger partial charge < -0.3 is 9.47 Å². The summed E-state index contributed by atoms with van der Waals surface area (Å²) in [5.74, 6) is 0.0242. The van der Waals surface area contributed by atoms with Crippen molar-refractivity contribution in [2.75, 3.05) is 19.1 Å². The SMILES string of the molecule is CC1(C)COC(CCCCl)(c2ccccc2)OC1. The van der Waals surface area contributed by atoms with Gasteiger partial charge in [0.05, 0.1) is 13.2 Å². The van der Waals surface area contributed by atoms with Crippen molar-refractivity contribution in [2.45, 2.75) is 32.5 Å². The third kappa shape index (κ3) is 3.05. The van der Waals surface area contributed by atoms with Gasteiger partial charge in [-0.3, -0.25) is 0 Å². The van der Waals surface area contributed by atoms with Crippen LogP contribution in [0, 0.1) is 5.41 Å². The molecule has 18 heavy (non-hydrogen) atoms. The molecule has 0 spiro atoms. The Balaban J connectivity index is 2.20. The van der Waals surface area contributed by atoms with Crippen molar-refractivity contribution in [2.24, 2.45) is 5.41 Å². The van der Waals surface area contributed by atoms with Crippen molar-refractivity contribution in [3.05, 3.63) is 35.9 Å². The smallest absolute Gasteiger partial charge is 0.194 e. The lowest BCUT2D eigenvalue weighted by atomic mass is 9.92. The minimum atomic E-state index is -0.605. The number of rotatable bonds is 4. The summed E-state index contributed by atoms with van der Waals surface area (Å²) in [5, 5.41) is 0. The van der Waals surface area contributed by atoms with Crippen molar-refractivity contribution in [3.8, 4) is 0 Å². The molecule has 0 N–H and O–H groups in total. The fraction of sp³-hybridized carbons (Fsp3) is 0.600. The van der Waals surface area contributed by atoms with E-state index < -0.39 is 5.79 Å². The van der Waals surface area contributed by atoms with Crippen molar-refractivity contribution in [1.29, 1.82) is 0 Å². The molecular formula is C15H21ClO2. The van der Waals surface area contributed by atoms with Crippen molar-refractivity contribution >= 4 is 11.6 Å². The number of hydrogen-bond donors (Lipinski definition) is 0. The van der Waals surface area contributed by atoms with Crippen LogP contribution in [0.25, 0.3) is 0 Å². The van der Waals surface area contributed by atoms with Crippen LogP contribution < -0.4 is 0 Å². The van der Waals surface area contributed by atoms with Gasteiger partial charge in [-0.2, -0.15) is 0 Å². The summed E-state index contributed by atoms with van der Waals surface area (Å²) < 4.78 is 12.2. The molecule has 0 aromatic heterocycles. The summed E-state index contributed by atoms with van der Waals surface area (Å²) >= 11 is 5.82. The van der Waals surface area contributed by atoms with E-state index in [4.69, 9.17) is 21.1 Å². The number of ether oxygens (including phenoxy) is 2. The zero-order chi connectivity index (χ0) is 13.1. The zero-order valence-corrected chi connectivity index (χ0v) is 11.9. The first-order valence-electron chi connectivity index (χ1n) is 6.47. The molecule has 0 amide bonds. The standard InChI is InChI=1S/C15H21ClO2/c1-14(2)11-17-15(18-12-14,9-6-10-16)13-7-4-3-5-8-13/h3-5,7-8H,6,9-12H2,1-2H3. The summed E-state index contributed by atoms with van der Waals surface area (Å²) in [6.45, 7) is 5.74. The molecule has 1 aliphatic heterocycles. The predicted molar refractivity (Wildman–Crippen MR) is 73.8 cm³/mol. The van der Waals surface area contributed by atoms with Gasteiger partial charge in [0.15, 0.2) is 5.79 Å². The molecule has 1 saturated heterocycles. The van der Waals surface area contributed by atoms with E-state index in [1.54, 1.807) is 0 Å². The average molecular weight is 269 g/mol. The van der Waals surface area contributed by atoms with Gasteiger partial charge >= 0.3 is 0 Å². The van der Waals surface area contributed by atoms with Crippen LogP contribution in [0.3, 0.4) is 0 Å². The van der Waals surface area contributed by atoms with Crippen LogP contribution in [0.15, 0.2) is 30.3 Å². The van der Waals surface area contributed by atoms with Crippen LogP contribution in [0.1, 0.15) is 32.3 Å². The van der Waals surface area contributed by atoms with Crippen LogP contribution >= 0.6 is 11.6 Å². The largest absolute Gasteiger partial charge is 0.345 e. The zero-order valence-electron chi connectivity index (χ0n) is 11.1. The first-order chi connectivity index (χ1) is 8.58. The first-order valence-corrected chi connectivity index (χ1v) is 7.01. The Hall–Kier alpha value is -0.570. The van der Waals surface area contributed by atoms with E-state index in [0.717, 1.165) is 18.4 Å². The molecule has 2 rings (SSSR count). The molecule has 0 atom stereocenters. The Bertz CT molecular complexity index is 365. The molecule has 1 heterocycles. The molecule has 1 aliphatic rings. The Morgan fingerprint density at radius 3 is 2.28 bits per heavy atom. The topological polar surface area (TPSA) is 18.5 Å². The van der Waals surface area contributed by atoms with Crippen molar-refractivity contribution in [1.82, 2.24) is 0 Å². The molecule has 0 bridgehead atoms. The number of hydrogen-bond acceptors (Lipinski definition) is 2. The normalized spacial score (nSPS) is 21.7. The van der Waals surface area contributed by atoms with Crippen LogP contribution in [-0.2, 0) is 15.3 Å². The molecular weight excluding hydrogens is 248 g/mol. The molecule has 100 valence electrons. The molecule has 1 aromatic carbocycles. The van der Waals surface area contributed by atoms with Gasteiger partial charge in [-0.15, -0.1) is 11.6 Å². The molecule has 1 fully saturated rings. The summed E-state index contributed by atoms with van der Waals surface area (Å²) in [4.78, 5) is 0. The quantitative estimate of drug-likeness (QED) is 0.771. The maximum atomic E-state index is 6.09. The average Bonchev–Trinajstić information content (AvgIpc) is 2.39. The van der Waals surface area contributed by atoms with Gasteiger partial charge in [0.1, 0.15) is 0 Å². The van der Waals surface area contributed by atoms with Crippen molar-refractivity contribution < 1.29 is 9.47 Å². The molecule has 0 aliphatic carbocycles. The van der Waals surface area contributed by atoms with Crippen LogP contribution in [0.2, 0.25) is 0 Å². The van der Waals surface area contributed by atoms with Gasteiger partial charge in [0.2, 0.25) is 0 Å². The lowest BCUT2D eigenvalue weighted by Gasteiger charge is -2.43. The number of alkyl halides is 1. The summed E-state index contributed by atoms with van der Waals surface area (Å²) in [5.41, 5.74) is 1.17. The Labute approximate surface area is 114 Å². The van der Waals surface area contributed by atoms with E-state index in [9.17, 15) is 0 Å². The van der Waals surface area contributed by atoms with Crippen molar-refractivity contribution in [3.63, 3.8) is 0 Å². The highest BCUT2D eigenvalue weighted by Gasteiger charge is 2.41. The predicted octanol–water partition coefficient (Wildman–Crippen LogP) is 3.93. The van der Waals surface area contributed by atoms with E-state index in [1.165, 1.54) is 0 Å². The van der Waals surface area contributed by atoms with E-state index in [2.05, 4.69) is 26.0 Å². The fourth-order valence-electron chi connectivity index (χ4n) is 2.15. The number of halogens is 1. The minimum absolute atomic E-state index is 0.0826. The van der Waals surface area contributed by atoms with Gasteiger partial charge in [0, 0.05) is 23.3 Å². The molecule has 3 heteroatoms. The van der Waals surface area contributed by atoms with Crippen LogP contribution in [-0.4, -0.2) is 19.1 Å². The third-order valence-electron chi connectivity index (χ3n) is 3.25. The van der Waals surface area contributed by atoms with Gasteiger partial charge in [0.25, 0.3) is 0 Å². The van der Waals surface area contributed by atoms with E-state index >= 15 is 0 Å². The molecule has 0 saturated carbocycles. The van der Waals surface area contributed by atoms with E-state index in [-0.39, 0.29) is 5.41 Å². The Kier molecular flexibility index (Phi) is 4.31. The van der Waals surface area contributed by atoms with Gasteiger partial charge in [-0.05, 0) is 6.42 Å². The highest BCUT2D eigenvalue weighted by Crippen LogP contribution is 2.39. The monoisotopic (exact) mass is 268 g/mol. The Morgan fingerprint density at radius 2 is 1.72 bits per heavy atom. The lowest BCUT2D eigenvalue weighted by molar-refractivity contribution is -0.311. The highest BCUT2D eigenvalue weighted by molar-refractivity contribution is 6.17. The van der Waals surface area contributed by atoms with Crippen LogP contribution in [0.4, 0.5) is 0 Å². The third-order valence-corrected chi connectivity index (χ3v) is 3.51. The summed E-state index contributed by atoms with van der Waals surface area (Å²) in [6.07, 6.45) is 1.69. The summed E-state index contributed by atoms with van der Waals surface area (Å²) in [7, 11) is 0. The lowest BCUT2D eigenvalue weighted by Crippen LogP contribution is -2.45. The Morgan fingerprint density at radius 1 is 1.11 bits per heavy atom. The minimum Gasteiger partial charge on any atom is -0.345 e. The molecule has 0 unspecified atom stereocenters. The second-order valence-electron chi connectivity index (χ2n) is 5.65. The molecule has 1 aromatic rings. The molecule has 0 radical (unpaired) electrons. The summed E-state index contributed by atoms with van der Waals surface area (Å²) in [6, 6.07) is 10.2. The maximum Gasteiger partial charge on any atom is 0.194 e. The fourth-order valence-corrected chi connectivity index (χ4v) is 2.29. The second kappa shape index (κ2) is 5.60. The maximum absolute atomic E-state index is 6.09. The number of benzene rings is 1. The second-order valence-corrected chi connectivity index (χ2v) is 6.03. The van der Waals surface area contributed by atoms with Crippen LogP contribution in [0.5, 0.6) is 0 Å². The van der Waals surface area contributed by atoms with Gasteiger partial charge in [-0.1, -0.05) is 44.2 Å². The first kappa shape index (κ1) is 13.9. The van der Waals surface area contributed by atoms with E-state index in [1.807, 2.05) is 18.2 Å². The highest BCUT2D eigenvalue weighted by atomic mass is 35.5. The molecule has 2 nitrogen and oxygen atoms in total. The van der Waals surface area contributed by atoms with E-state index in [0.29, 0.717) is 19.1 Å².